The number of halogens is 2. The molecule has 0 amide bonds. The normalized spacial score (nSPS) is 15.9. The topological polar surface area (TPSA) is 68.2 Å². The Bertz CT molecular complexity index is 2760. The number of aromatic nitrogens is 2. The van der Waals surface area contributed by atoms with Gasteiger partial charge in [0.25, 0.3) is 0 Å². The predicted molar refractivity (Wildman–Crippen MR) is 263 cm³/mol. The van der Waals surface area contributed by atoms with Crippen LogP contribution in [-0.4, -0.2) is 91.3 Å². The van der Waals surface area contributed by atoms with E-state index in [0.717, 1.165) is 130 Å². The largest absolute Gasteiger partial charge is 0.486 e. The third kappa shape index (κ3) is 10.0. The number of nitrogens with zero attached hydrogens (tertiary/aromatic N) is 6. The quantitative estimate of drug-likeness (QED) is 0.154. The minimum absolute atomic E-state index is 0.242. The molecule has 7 aromatic rings. The molecule has 0 aliphatic carbocycles. The van der Waals surface area contributed by atoms with Gasteiger partial charge in [0.1, 0.15) is 23.5 Å². The summed E-state index contributed by atoms with van der Waals surface area (Å²) >= 11 is 0. The van der Waals surface area contributed by atoms with Crippen LogP contribution in [0.4, 0.5) is 20.2 Å². The first kappa shape index (κ1) is 45.6. The van der Waals surface area contributed by atoms with Crippen molar-refractivity contribution < 1.29 is 18.6 Å². The summed E-state index contributed by atoms with van der Waals surface area (Å²) in [5.74, 6) is 0.729. The van der Waals surface area contributed by atoms with Crippen LogP contribution in [0.2, 0.25) is 0 Å². The number of piperazine rings is 2. The van der Waals surface area contributed by atoms with E-state index in [4.69, 9.17) is 14.7 Å². The van der Waals surface area contributed by atoms with Crippen LogP contribution in [0.5, 0.6) is 5.75 Å². The Hall–Kier alpha value is -5.94. The number of pyridine rings is 2. The molecule has 1 N–H and O–H groups in total. The standard InChI is InChI=1S/C32H36FN3O.C23H26FN3O/c1-21(2)27-8-6-7-9-30(27)37-23(4)31-22(3)34-29-15-14-26(36-18-16-35(5)17-19-36)20-28(29)32(31)24-10-12-25(33)13-11-24;1-15-22(16(2)28)23(17-4-6-18(24)7-5-17)20-14-19(8-9-21(20)25-15)27-12-10-26(3)11-13-27/h6-15,20-21,23H,16-19H2,1-5H3;4-9,14,16,28H,10-13H2,1-3H3. The molecule has 8 nitrogen and oxygen atoms in total. The number of rotatable bonds is 9. The summed E-state index contributed by atoms with van der Waals surface area (Å²) in [6, 6.07) is 34.4. The van der Waals surface area contributed by atoms with Crippen LogP contribution in [0.1, 0.15) is 73.9 Å². The van der Waals surface area contributed by atoms with E-state index in [-0.39, 0.29) is 17.7 Å². The minimum Gasteiger partial charge on any atom is -0.486 e. The van der Waals surface area contributed by atoms with Crippen LogP contribution in [0.15, 0.2) is 109 Å². The molecule has 2 unspecified atom stereocenters. The van der Waals surface area contributed by atoms with Crippen LogP contribution in [0.3, 0.4) is 0 Å². The number of aliphatic hydroxyl groups is 1. The highest BCUT2D eigenvalue weighted by atomic mass is 19.1. The molecule has 0 spiro atoms. The molecule has 65 heavy (non-hydrogen) atoms. The molecule has 2 atom stereocenters. The van der Waals surface area contributed by atoms with E-state index in [2.05, 4.69) is 103 Å². The number of hydrogen-bond acceptors (Lipinski definition) is 8. The van der Waals surface area contributed by atoms with Gasteiger partial charge in [-0.15, -0.1) is 0 Å². The van der Waals surface area contributed by atoms with Gasteiger partial charge < -0.3 is 29.4 Å². The third-order valence-corrected chi connectivity index (χ3v) is 13.1. The third-order valence-electron chi connectivity index (χ3n) is 13.1. The van der Waals surface area contributed by atoms with Gasteiger partial charge in [-0.2, -0.15) is 0 Å². The van der Waals surface area contributed by atoms with Gasteiger partial charge >= 0.3 is 0 Å². The van der Waals surface area contributed by atoms with Crippen LogP contribution in [0.25, 0.3) is 44.1 Å². The Morgan fingerprint density at radius 2 is 0.985 bits per heavy atom. The Kier molecular flexibility index (Phi) is 13.8. The van der Waals surface area contributed by atoms with Crippen molar-refractivity contribution >= 4 is 33.2 Å². The Labute approximate surface area is 383 Å². The molecule has 5 aromatic carbocycles. The number of fused-ring (bicyclic) bond motifs is 2. The molecule has 9 rings (SSSR count). The second-order valence-corrected chi connectivity index (χ2v) is 18.1. The van der Waals surface area contributed by atoms with Gasteiger partial charge in [-0.3, -0.25) is 9.97 Å². The van der Waals surface area contributed by atoms with Crippen LogP contribution < -0.4 is 14.5 Å². The second kappa shape index (κ2) is 19.7. The average molecular weight is 877 g/mol. The number of ether oxygens (including phenoxy) is 1. The van der Waals surface area contributed by atoms with E-state index in [9.17, 15) is 13.9 Å². The van der Waals surface area contributed by atoms with Crippen molar-refractivity contribution in [3.05, 3.63) is 149 Å². The lowest BCUT2D eigenvalue weighted by molar-refractivity contribution is 0.199. The maximum absolute atomic E-state index is 14.0. The minimum atomic E-state index is -0.663. The van der Waals surface area contributed by atoms with Crippen molar-refractivity contribution in [3.63, 3.8) is 0 Å². The lowest BCUT2D eigenvalue weighted by Crippen LogP contribution is -2.44. The number of benzene rings is 5. The maximum atomic E-state index is 14.0. The van der Waals surface area contributed by atoms with Crippen molar-refractivity contribution in [1.82, 2.24) is 19.8 Å². The smallest absolute Gasteiger partial charge is 0.123 e. The summed E-state index contributed by atoms with van der Waals surface area (Å²) in [6.45, 7) is 20.3. The SMILES string of the molecule is Cc1nc2ccc(N3CCN(C)CC3)cc2c(-c2ccc(F)cc2)c1C(C)O.Cc1nc2ccc(N3CCN(C)CC3)cc2c(-c2ccc(F)cc2)c1C(C)Oc1ccccc1C(C)C. The average Bonchev–Trinajstić information content (AvgIpc) is 3.29. The Morgan fingerprint density at radius 1 is 0.554 bits per heavy atom. The van der Waals surface area contributed by atoms with Crippen LogP contribution in [-0.2, 0) is 0 Å². The fraction of sp³-hybridized carbons (Fsp3) is 0.345. The molecule has 4 heterocycles. The highest BCUT2D eigenvalue weighted by Crippen LogP contribution is 2.41. The summed E-state index contributed by atoms with van der Waals surface area (Å²) < 4.78 is 34.1. The first-order valence-electron chi connectivity index (χ1n) is 23.0. The zero-order valence-electron chi connectivity index (χ0n) is 39.1. The molecule has 0 bridgehead atoms. The monoisotopic (exact) mass is 876 g/mol. The molecule has 338 valence electrons. The van der Waals surface area contributed by atoms with Crippen molar-refractivity contribution in [2.75, 3.05) is 76.3 Å². The molecule has 2 aromatic heterocycles. The lowest BCUT2D eigenvalue weighted by Gasteiger charge is -2.34. The van der Waals surface area contributed by atoms with Gasteiger partial charge in [0.2, 0.25) is 0 Å². The number of hydrogen-bond donors (Lipinski definition) is 1. The van der Waals surface area contributed by atoms with E-state index < -0.39 is 6.10 Å². The van der Waals surface area contributed by atoms with Gasteiger partial charge in [-0.25, -0.2) is 8.78 Å². The van der Waals surface area contributed by atoms with Crippen molar-refractivity contribution in [2.45, 2.75) is 59.7 Å². The van der Waals surface area contributed by atoms with Crippen molar-refractivity contribution in [2.24, 2.45) is 0 Å². The maximum Gasteiger partial charge on any atom is 0.123 e. The van der Waals surface area contributed by atoms with E-state index in [1.54, 1.807) is 19.1 Å². The van der Waals surface area contributed by atoms with E-state index in [1.807, 2.05) is 38.1 Å². The van der Waals surface area contributed by atoms with Gasteiger partial charge in [-0.05, 0) is 142 Å². The fourth-order valence-electron chi connectivity index (χ4n) is 9.48. The van der Waals surface area contributed by atoms with Gasteiger partial charge in [-0.1, -0.05) is 56.3 Å². The van der Waals surface area contributed by atoms with Crippen LogP contribution in [0, 0.1) is 25.5 Å². The van der Waals surface area contributed by atoms with Crippen LogP contribution >= 0.6 is 0 Å². The summed E-state index contributed by atoms with van der Waals surface area (Å²) in [4.78, 5) is 19.3. The fourth-order valence-corrected chi connectivity index (χ4v) is 9.48. The molecular weight excluding hydrogens is 815 g/mol. The molecule has 0 saturated carbocycles. The van der Waals surface area contributed by atoms with E-state index in [0.29, 0.717) is 5.92 Å². The Morgan fingerprint density at radius 3 is 1.43 bits per heavy atom. The zero-order valence-corrected chi connectivity index (χ0v) is 39.1. The molecule has 10 heteroatoms. The molecule has 0 radical (unpaired) electrons. The zero-order chi connectivity index (χ0) is 45.9. The van der Waals surface area contributed by atoms with Gasteiger partial charge in [0.15, 0.2) is 0 Å². The molecule has 2 saturated heterocycles. The first-order valence-corrected chi connectivity index (χ1v) is 23.0. The molecule has 2 fully saturated rings. The number of para-hydroxylation sites is 1. The number of anilines is 2. The van der Waals surface area contributed by atoms with E-state index >= 15 is 0 Å². The number of aliphatic hydroxyl groups excluding tert-OH is 1. The molecular formula is C55H62F2N6O2. The summed E-state index contributed by atoms with van der Waals surface area (Å²) in [7, 11) is 4.31. The second-order valence-electron chi connectivity index (χ2n) is 18.1. The predicted octanol–water partition coefficient (Wildman–Crippen LogP) is 11.5. The van der Waals surface area contributed by atoms with E-state index in [1.165, 1.54) is 35.5 Å². The first-order chi connectivity index (χ1) is 31.2. The highest BCUT2D eigenvalue weighted by Gasteiger charge is 2.25. The number of likely N-dealkylation sites (N-methyl/N-ethyl adjacent to an activating group) is 2. The molecule has 2 aliphatic rings. The van der Waals surface area contributed by atoms with Gasteiger partial charge in [0, 0.05) is 97.0 Å². The summed E-state index contributed by atoms with van der Waals surface area (Å²) in [5, 5.41) is 12.5. The van der Waals surface area contributed by atoms with Crippen molar-refractivity contribution in [3.8, 4) is 28.0 Å². The summed E-state index contributed by atoms with van der Waals surface area (Å²) in [6.07, 6.45) is -0.909. The number of aryl methyl sites for hydroxylation is 2. The Balaban J connectivity index is 0.000000184. The highest BCUT2D eigenvalue weighted by molar-refractivity contribution is 6.00. The lowest BCUT2D eigenvalue weighted by atomic mass is 9.91. The summed E-state index contributed by atoms with van der Waals surface area (Å²) in [5.41, 5.74) is 12.8. The molecule has 2 aliphatic heterocycles. The van der Waals surface area contributed by atoms with Gasteiger partial charge in [0.05, 0.1) is 17.1 Å². The van der Waals surface area contributed by atoms with Crippen molar-refractivity contribution in [1.29, 1.82) is 0 Å².